The summed E-state index contributed by atoms with van der Waals surface area (Å²) in [5.41, 5.74) is 3.29. The molecule has 2 aromatic carbocycles. The van der Waals surface area contributed by atoms with Gasteiger partial charge >= 0.3 is 5.97 Å². The highest BCUT2D eigenvalue weighted by Crippen LogP contribution is 2.41. The van der Waals surface area contributed by atoms with Crippen molar-refractivity contribution in [2.45, 2.75) is 39.0 Å². The fourth-order valence-electron chi connectivity index (χ4n) is 4.22. The number of ether oxygens (including phenoxy) is 1. The Morgan fingerprint density at radius 1 is 1.12 bits per heavy atom. The van der Waals surface area contributed by atoms with Gasteiger partial charge < -0.3 is 15.4 Å². The molecule has 0 radical (unpaired) electrons. The number of carbonyl (C=O) groups is 2. The molecule has 0 bridgehead atoms. The molecule has 0 saturated heterocycles. The molecule has 5 rings (SSSR count). The average molecular weight is 482 g/mol. The highest BCUT2D eigenvalue weighted by atomic mass is 35.5. The number of nitrogens with one attached hydrogen (secondary N) is 2. The normalized spacial score (nSPS) is 17.7. The van der Waals surface area contributed by atoms with E-state index in [9.17, 15) is 9.59 Å². The minimum Gasteiger partial charge on any atom is -0.423 e. The van der Waals surface area contributed by atoms with Gasteiger partial charge in [0.1, 0.15) is 16.9 Å². The molecule has 1 atom stereocenters. The van der Waals surface area contributed by atoms with Crippen molar-refractivity contribution in [3.05, 3.63) is 80.7 Å². The number of carbonyl (C=O) groups excluding carboxylic acids is 2. The van der Waals surface area contributed by atoms with Crippen LogP contribution in [0.1, 0.15) is 56.7 Å². The first-order valence-electron chi connectivity index (χ1n) is 10.9. The Morgan fingerprint density at radius 3 is 2.55 bits per heavy atom. The van der Waals surface area contributed by atoms with E-state index >= 15 is 0 Å². The monoisotopic (exact) mass is 481 g/mol. The van der Waals surface area contributed by atoms with Gasteiger partial charge in [0.15, 0.2) is 0 Å². The summed E-state index contributed by atoms with van der Waals surface area (Å²) in [5, 5.41) is 8.05. The Kier molecular flexibility index (Phi) is 5.86. The maximum Gasteiger partial charge on any atom is 0.343 e. The number of rotatable bonds is 4. The van der Waals surface area contributed by atoms with Crippen molar-refractivity contribution >= 4 is 39.8 Å². The van der Waals surface area contributed by atoms with Crippen molar-refractivity contribution in [1.29, 1.82) is 0 Å². The van der Waals surface area contributed by atoms with E-state index in [0.717, 1.165) is 35.6 Å². The molecule has 33 heavy (non-hydrogen) atoms. The molecule has 170 valence electrons. The molecular formula is C25H24ClN3O3S. The summed E-state index contributed by atoms with van der Waals surface area (Å²) >= 11 is 7.55. The molecule has 0 saturated carbocycles. The standard InChI is InChI=1S/C25H24ClN3O3S/c1-14(2)29-12-11-19-20(13-29)33-24-21(19)23(30)27-22(28-24)15-5-9-18(10-6-15)32-25(31)16-3-7-17(26)8-4-16/h3-10,14,22,28H,11-13H2,1-2H3,(H,27,30)/t22-/m1/s1. The zero-order valence-electron chi connectivity index (χ0n) is 18.4. The third-order valence-electron chi connectivity index (χ3n) is 6.10. The molecule has 0 unspecified atom stereocenters. The number of hydrogen-bond acceptors (Lipinski definition) is 6. The minimum atomic E-state index is -0.451. The third kappa shape index (κ3) is 4.36. The molecule has 3 aromatic rings. The number of fused-ring (bicyclic) bond motifs is 3. The number of benzene rings is 2. The minimum absolute atomic E-state index is 0.0394. The summed E-state index contributed by atoms with van der Waals surface area (Å²) in [5.74, 6) is -0.0582. The summed E-state index contributed by atoms with van der Waals surface area (Å²) in [7, 11) is 0. The molecule has 1 aromatic heterocycles. The van der Waals surface area contributed by atoms with Crippen LogP contribution in [0.5, 0.6) is 5.75 Å². The number of anilines is 1. The molecule has 1 amide bonds. The second-order valence-corrected chi connectivity index (χ2v) is 10.1. The molecule has 8 heteroatoms. The van der Waals surface area contributed by atoms with Gasteiger partial charge in [-0.3, -0.25) is 9.69 Å². The lowest BCUT2D eigenvalue weighted by Crippen LogP contribution is -2.39. The Labute approximate surface area is 201 Å². The zero-order chi connectivity index (χ0) is 23.1. The second-order valence-electron chi connectivity index (χ2n) is 8.54. The summed E-state index contributed by atoms with van der Waals surface area (Å²) < 4.78 is 5.45. The molecule has 2 N–H and O–H groups in total. The van der Waals surface area contributed by atoms with Crippen molar-refractivity contribution in [1.82, 2.24) is 10.2 Å². The van der Waals surface area contributed by atoms with Crippen LogP contribution in [-0.2, 0) is 13.0 Å². The summed E-state index contributed by atoms with van der Waals surface area (Å²) in [6.07, 6.45) is 0.555. The molecule has 3 heterocycles. The maximum absolute atomic E-state index is 13.0. The van der Waals surface area contributed by atoms with Gasteiger partial charge in [0, 0.05) is 29.0 Å². The molecule has 0 fully saturated rings. The van der Waals surface area contributed by atoms with E-state index in [1.54, 1.807) is 47.7 Å². The molecular weight excluding hydrogens is 458 g/mol. The lowest BCUT2D eigenvalue weighted by Gasteiger charge is -2.31. The number of esters is 1. The van der Waals surface area contributed by atoms with Gasteiger partial charge in [0.05, 0.1) is 11.1 Å². The van der Waals surface area contributed by atoms with Crippen LogP contribution in [0.2, 0.25) is 5.02 Å². The fraction of sp³-hybridized carbons (Fsp3) is 0.280. The van der Waals surface area contributed by atoms with E-state index in [1.807, 2.05) is 12.1 Å². The third-order valence-corrected chi connectivity index (χ3v) is 7.50. The second kappa shape index (κ2) is 8.82. The average Bonchev–Trinajstić information content (AvgIpc) is 3.18. The van der Waals surface area contributed by atoms with Crippen molar-refractivity contribution < 1.29 is 14.3 Å². The number of thiophene rings is 1. The predicted octanol–water partition coefficient (Wildman–Crippen LogP) is 5.24. The Balaban J connectivity index is 1.30. The van der Waals surface area contributed by atoms with E-state index in [1.165, 1.54) is 10.4 Å². The van der Waals surface area contributed by atoms with Gasteiger partial charge in [-0.05, 0) is 67.8 Å². The molecule has 0 spiro atoms. The van der Waals surface area contributed by atoms with E-state index in [0.29, 0.717) is 22.4 Å². The summed E-state index contributed by atoms with van der Waals surface area (Å²) in [6, 6.07) is 14.2. The van der Waals surface area contributed by atoms with Crippen LogP contribution in [0, 0.1) is 0 Å². The largest absolute Gasteiger partial charge is 0.423 e. The van der Waals surface area contributed by atoms with Crippen molar-refractivity contribution in [3.8, 4) is 5.75 Å². The van der Waals surface area contributed by atoms with Crippen LogP contribution in [-0.4, -0.2) is 29.4 Å². The Morgan fingerprint density at radius 2 is 1.85 bits per heavy atom. The van der Waals surface area contributed by atoms with Gasteiger partial charge in [0.2, 0.25) is 0 Å². The lowest BCUT2D eigenvalue weighted by molar-refractivity contribution is 0.0734. The van der Waals surface area contributed by atoms with Gasteiger partial charge in [0.25, 0.3) is 5.91 Å². The highest BCUT2D eigenvalue weighted by Gasteiger charge is 2.33. The lowest BCUT2D eigenvalue weighted by atomic mass is 9.99. The first-order valence-corrected chi connectivity index (χ1v) is 12.1. The molecule has 2 aliphatic rings. The van der Waals surface area contributed by atoms with Gasteiger partial charge in [-0.1, -0.05) is 23.7 Å². The van der Waals surface area contributed by atoms with E-state index in [2.05, 4.69) is 29.4 Å². The quantitative estimate of drug-likeness (QED) is 0.394. The number of halogens is 1. The van der Waals surface area contributed by atoms with E-state index in [4.69, 9.17) is 16.3 Å². The molecule has 2 aliphatic heterocycles. The summed E-state index contributed by atoms with van der Waals surface area (Å²) in [4.78, 5) is 29.0. The topological polar surface area (TPSA) is 70.7 Å². The highest BCUT2D eigenvalue weighted by molar-refractivity contribution is 7.16. The van der Waals surface area contributed by atoms with Gasteiger partial charge in [-0.15, -0.1) is 11.3 Å². The number of hydrogen-bond donors (Lipinski definition) is 2. The van der Waals surface area contributed by atoms with Crippen molar-refractivity contribution in [2.24, 2.45) is 0 Å². The molecule has 6 nitrogen and oxygen atoms in total. The number of nitrogens with zero attached hydrogens (tertiary/aromatic N) is 1. The Bertz CT molecular complexity index is 1200. The van der Waals surface area contributed by atoms with Crippen LogP contribution in [0.25, 0.3) is 0 Å². The number of amides is 1. The van der Waals surface area contributed by atoms with Gasteiger partial charge in [-0.25, -0.2) is 4.79 Å². The first kappa shape index (κ1) is 21.9. The fourth-order valence-corrected chi connectivity index (χ4v) is 5.65. The van der Waals surface area contributed by atoms with Crippen molar-refractivity contribution in [3.63, 3.8) is 0 Å². The van der Waals surface area contributed by atoms with Crippen molar-refractivity contribution in [2.75, 3.05) is 11.9 Å². The van der Waals surface area contributed by atoms with E-state index < -0.39 is 5.97 Å². The Hall–Kier alpha value is -2.87. The zero-order valence-corrected chi connectivity index (χ0v) is 19.9. The smallest absolute Gasteiger partial charge is 0.343 e. The van der Waals surface area contributed by atoms with Gasteiger partial charge in [-0.2, -0.15) is 0 Å². The molecule has 0 aliphatic carbocycles. The summed E-state index contributed by atoms with van der Waals surface area (Å²) in [6.45, 7) is 6.27. The maximum atomic E-state index is 13.0. The first-order chi connectivity index (χ1) is 15.9. The van der Waals surface area contributed by atoms with Crippen LogP contribution in [0.15, 0.2) is 48.5 Å². The van der Waals surface area contributed by atoms with E-state index in [-0.39, 0.29) is 12.1 Å². The van der Waals surface area contributed by atoms with Crippen LogP contribution >= 0.6 is 22.9 Å². The SMILES string of the molecule is CC(C)N1CCc2c(sc3c2C(=O)N[C@@H](c2ccc(OC(=O)c4ccc(Cl)cc4)cc2)N3)C1. The van der Waals surface area contributed by atoms with Crippen LogP contribution < -0.4 is 15.4 Å². The van der Waals surface area contributed by atoms with Crippen LogP contribution in [0.4, 0.5) is 5.00 Å². The predicted molar refractivity (Wildman–Crippen MR) is 130 cm³/mol. The van der Waals surface area contributed by atoms with Crippen LogP contribution in [0.3, 0.4) is 0 Å².